The van der Waals surface area contributed by atoms with Gasteiger partial charge in [-0.2, -0.15) is 0 Å². The molecule has 0 aliphatic heterocycles. The van der Waals surface area contributed by atoms with E-state index in [1.165, 1.54) is 19.2 Å². The summed E-state index contributed by atoms with van der Waals surface area (Å²) < 4.78 is 0. The highest BCUT2D eigenvalue weighted by Crippen LogP contribution is 2.15. The Morgan fingerprint density at radius 2 is 1.67 bits per heavy atom. The zero-order valence-corrected chi connectivity index (χ0v) is 15.8. The molecule has 2 N–H and O–H groups in total. The van der Waals surface area contributed by atoms with E-state index in [0.29, 0.717) is 23.5 Å². The molecule has 0 bridgehead atoms. The second-order valence-corrected chi connectivity index (χ2v) is 6.22. The zero-order valence-electron chi connectivity index (χ0n) is 15.8. The summed E-state index contributed by atoms with van der Waals surface area (Å²) in [5.74, 6) is -0.714. The summed E-state index contributed by atoms with van der Waals surface area (Å²) >= 11 is 0. The number of carbonyl (C=O) groups is 3. The zero-order chi connectivity index (χ0) is 19.8. The highest BCUT2D eigenvalue weighted by molar-refractivity contribution is 6.04. The predicted octanol–water partition coefficient (Wildman–Crippen LogP) is 3.16. The Kier molecular flexibility index (Phi) is 7.05. The number of carbonyl (C=O) groups excluding carboxylic acids is 3. The second kappa shape index (κ2) is 9.47. The fourth-order valence-electron chi connectivity index (χ4n) is 2.44. The molecule has 0 aliphatic rings. The van der Waals surface area contributed by atoms with E-state index in [2.05, 4.69) is 22.5 Å². The molecule has 2 rings (SSSR count). The first-order chi connectivity index (χ1) is 12.9. The number of hydrogen-bond donors (Lipinski definition) is 2. The predicted molar refractivity (Wildman–Crippen MR) is 105 cm³/mol. The Hall–Kier alpha value is -3.22. The van der Waals surface area contributed by atoms with Crippen LogP contribution >= 0.6 is 0 Å². The van der Waals surface area contributed by atoms with Crippen molar-refractivity contribution in [2.24, 2.45) is 0 Å². The molecule has 0 spiro atoms. The summed E-state index contributed by atoms with van der Waals surface area (Å²) in [5, 5.41) is 5.39. The molecule has 1 aromatic carbocycles. The van der Waals surface area contributed by atoms with Crippen LogP contribution in [0.5, 0.6) is 0 Å². The van der Waals surface area contributed by atoms with Crippen LogP contribution in [0.25, 0.3) is 0 Å². The Bertz CT molecular complexity index is 818. The summed E-state index contributed by atoms with van der Waals surface area (Å²) in [5.41, 5.74) is 1.79. The topological polar surface area (TPSA) is 91.4 Å². The van der Waals surface area contributed by atoms with Crippen LogP contribution in [-0.2, 0) is 4.79 Å². The van der Waals surface area contributed by atoms with Crippen molar-refractivity contribution in [2.75, 3.05) is 24.2 Å². The first kappa shape index (κ1) is 20.1. The van der Waals surface area contributed by atoms with Gasteiger partial charge in [-0.15, -0.1) is 0 Å². The third-order valence-corrected chi connectivity index (χ3v) is 3.90. The number of nitrogens with zero attached hydrogens (tertiary/aromatic N) is 2. The molecule has 1 heterocycles. The van der Waals surface area contributed by atoms with Crippen molar-refractivity contribution in [3.05, 3.63) is 53.9 Å². The van der Waals surface area contributed by atoms with Gasteiger partial charge in [0.05, 0.1) is 0 Å². The minimum atomic E-state index is -0.409. The van der Waals surface area contributed by atoms with Gasteiger partial charge in [-0.1, -0.05) is 13.3 Å². The number of nitrogens with one attached hydrogen (secondary N) is 2. The van der Waals surface area contributed by atoms with Gasteiger partial charge in [0.1, 0.15) is 5.69 Å². The number of unbranched alkanes of at least 4 members (excludes halogenated alkanes) is 1. The minimum Gasteiger partial charge on any atom is -0.342 e. The van der Waals surface area contributed by atoms with E-state index in [1.807, 2.05) is 0 Å². The van der Waals surface area contributed by atoms with Crippen molar-refractivity contribution in [3.8, 4) is 0 Å². The van der Waals surface area contributed by atoms with Gasteiger partial charge < -0.3 is 15.5 Å². The summed E-state index contributed by atoms with van der Waals surface area (Å²) in [4.78, 5) is 41.6. The molecule has 3 amide bonds. The quantitative estimate of drug-likeness (QED) is 0.785. The second-order valence-electron chi connectivity index (χ2n) is 6.22. The normalized spacial score (nSPS) is 10.2. The van der Waals surface area contributed by atoms with Crippen LogP contribution in [0, 0.1) is 0 Å². The standard InChI is InChI=1S/C20H24N4O3/c1-4-5-12-24(3)20(27)15-10-11-21-18(13-15)19(26)23-17-8-6-16(7-9-17)22-14(2)25/h6-11,13H,4-5,12H2,1-3H3,(H,22,25)(H,23,26). The Balaban J connectivity index is 2.06. The van der Waals surface area contributed by atoms with Gasteiger partial charge in [0, 0.05) is 43.7 Å². The number of rotatable bonds is 7. The lowest BCUT2D eigenvalue weighted by Crippen LogP contribution is -2.28. The van der Waals surface area contributed by atoms with Crippen molar-refractivity contribution >= 4 is 29.1 Å². The van der Waals surface area contributed by atoms with Crippen LogP contribution in [-0.4, -0.2) is 41.2 Å². The van der Waals surface area contributed by atoms with Crippen LogP contribution in [0.3, 0.4) is 0 Å². The summed E-state index contributed by atoms with van der Waals surface area (Å²) in [7, 11) is 1.74. The lowest BCUT2D eigenvalue weighted by Gasteiger charge is -2.17. The Labute approximate surface area is 158 Å². The molecule has 142 valence electrons. The molecule has 0 fully saturated rings. The largest absolute Gasteiger partial charge is 0.342 e. The molecule has 0 aliphatic carbocycles. The molecule has 0 saturated carbocycles. The van der Waals surface area contributed by atoms with Gasteiger partial charge in [-0.05, 0) is 42.8 Å². The number of hydrogen-bond acceptors (Lipinski definition) is 4. The Morgan fingerprint density at radius 3 is 2.26 bits per heavy atom. The monoisotopic (exact) mass is 368 g/mol. The van der Waals surface area contributed by atoms with E-state index < -0.39 is 5.91 Å². The maximum atomic E-state index is 12.4. The van der Waals surface area contributed by atoms with Crippen LogP contribution < -0.4 is 10.6 Å². The summed E-state index contributed by atoms with van der Waals surface area (Å²) in [6.07, 6.45) is 3.38. The number of anilines is 2. The van der Waals surface area contributed by atoms with Crippen LogP contribution in [0.15, 0.2) is 42.6 Å². The van der Waals surface area contributed by atoms with Gasteiger partial charge in [0.25, 0.3) is 11.8 Å². The van der Waals surface area contributed by atoms with Crippen molar-refractivity contribution in [1.29, 1.82) is 0 Å². The highest BCUT2D eigenvalue weighted by atomic mass is 16.2. The Morgan fingerprint density at radius 1 is 1.04 bits per heavy atom. The molecular formula is C20H24N4O3. The summed E-state index contributed by atoms with van der Waals surface area (Å²) in [6.45, 7) is 4.16. The molecule has 27 heavy (non-hydrogen) atoms. The van der Waals surface area contributed by atoms with E-state index in [0.717, 1.165) is 12.8 Å². The van der Waals surface area contributed by atoms with Crippen molar-refractivity contribution < 1.29 is 14.4 Å². The van der Waals surface area contributed by atoms with Gasteiger partial charge >= 0.3 is 0 Å². The molecule has 7 nitrogen and oxygen atoms in total. The maximum absolute atomic E-state index is 12.4. The molecule has 0 radical (unpaired) electrons. The molecule has 0 atom stereocenters. The number of amides is 3. The average molecular weight is 368 g/mol. The van der Waals surface area contributed by atoms with Gasteiger partial charge in [0.2, 0.25) is 5.91 Å². The van der Waals surface area contributed by atoms with Gasteiger partial charge in [-0.3, -0.25) is 19.4 Å². The van der Waals surface area contributed by atoms with Crippen molar-refractivity contribution in [2.45, 2.75) is 26.7 Å². The maximum Gasteiger partial charge on any atom is 0.274 e. The average Bonchev–Trinajstić information content (AvgIpc) is 2.66. The number of benzene rings is 1. The third-order valence-electron chi connectivity index (χ3n) is 3.90. The van der Waals surface area contributed by atoms with E-state index in [1.54, 1.807) is 42.3 Å². The van der Waals surface area contributed by atoms with Crippen molar-refractivity contribution in [1.82, 2.24) is 9.88 Å². The number of pyridine rings is 1. The molecular weight excluding hydrogens is 344 g/mol. The molecule has 0 unspecified atom stereocenters. The van der Waals surface area contributed by atoms with E-state index in [-0.39, 0.29) is 17.5 Å². The first-order valence-electron chi connectivity index (χ1n) is 8.81. The van der Waals surface area contributed by atoms with Crippen molar-refractivity contribution in [3.63, 3.8) is 0 Å². The summed E-state index contributed by atoms with van der Waals surface area (Å²) in [6, 6.07) is 9.82. The van der Waals surface area contributed by atoms with E-state index in [4.69, 9.17) is 0 Å². The number of aromatic nitrogens is 1. The lowest BCUT2D eigenvalue weighted by atomic mass is 10.2. The van der Waals surface area contributed by atoms with Gasteiger partial charge in [-0.25, -0.2) is 0 Å². The smallest absolute Gasteiger partial charge is 0.274 e. The molecule has 1 aromatic heterocycles. The van der Waals surface area contributed by atoms with Crippen LogP contribution in [0.2, 0.25) is 0 Å². The highest BCUT2D eigenvalue weighted by Gasteiger charge is 2.15. The molecule has 7 heteroatoms. The first-order valence-corrected chi connectivity index (χ1v) is 8.81. The molecule has 0 saturated heterocycles. The fourth-order valence-corrected chi connectivity index (χ4v) is 2.44. The van der Waals surface area contributed by atoms with Gasteiger partial charge in [0.15, 0.2) is 0 Å². The van der Waals surface area contributed by atoms with Crippen LogP contribution in [0.1, 0.15) is 47.5 Å². The van der Waals surface area contributed by atoms with E-state index in [9.17, 15) is 14.4 Å². The molecule has 2 aromatic rings. The fraction of sp³-hybridized carbons (Fsp3) is 0.300. The SMILES string of the molecule is CCCCN(C)C(=O)c1ccnc(C(=O)Nc2ccc(NC(C)=O)cc2)c1. The third kappa shape index (κ3) is 5.91. The van der Waals surface area contributed by atoms with E-state index >= 15 is 0 Å². The lowest BCUT2D eigenvalue weighted by molar-refractivity contribution is -0.114. The minimum absolute atomic E-state index is 0.139. The van der Waals surface area contributed by atoms with Crippen LogP contribution in [0.4, 0.5) is 11.4 Å².